The number of hydrogen-bond donors (Lipinski definition) is 10. The Balaban J connectivity index is 2.08. The Morgan fingerprint density at radius 3 is 0.915 bits per heavy atom. The van der Waals surface area contributed by atoms with E-state index in [4.69, 9.17) is 0 Å². The van der Waals surface area contributed by atoms with Crippen LogP contribution in [0.15, 0.2) is 45.3 Å². The first-order valence-electron chi connectivity index (χ1n) is 18.8. The highest BCUT2D eigenvalue weighted by molar-refractivity contribution is 6.24. The van der Waals surface area contributed by atoms with E-state index in [9.17, 15) is 79.8 Å². The predicted molar refractivity (Wildman–Crippen MR) is 209 cm³/mol. The number of Topliss-reactive ketones (excluding diaryl/α,β-unsaturated/α-hetero) is 6. The van der Waals surface area contributed by atoms with E-state index in [0.717, 1.165) is 0 Å². The van der Waals surface area contributed by atoms with Crippen molar-refractivity contribution in [2.45, 2.75) is 100 Å². The molecule has 316 valence electrons. The van der Waals surface area contributed by atoms with Crippen LogP contribution in [0.2, 0.25) is 0 Å². The Bertz CT molecular complexity index is 2230. The van der Waals surface area contributed by atoms with E-state index in [0.29, 0.717) is 0 Å². The molecule has 16 nitrogen and oxygen atoms in total. The summed E-state index contributed by atoms with van der Waals surface area (Å²) >= 11 is 0. The van der Waals surface area contributed by atoms with Crippen LogP contribution >= 0.6 is 0 Å². The zero-order valence-corrected chi connectivity index (χ0v) is 33.9. The highest BCUT2D eigenvalue weighted by Crippen LogP contribution is 2.51. The monoisotopic (exact) mass is 820 g/mol. The van der Waals surface area contributed by atoms with Crippen molar-refractivity contribution in [1.82, 2.24) is 0 Å². The van der Waals surface area contributed by atoms with E-state index in [1.807, 2.05) is 0 Å². The summed E-state index contributed by atoms with van der Waals surface area (Å²) < 4.78 is 0. The van der Waals surface area contributed by atoms with Gasteiger partial charge in [-0.1, -0.05) is 27.7 Å². The zero-order chi connectivity index (χ0) is 45.0. The van der Waals surface area contributed by atoms with E-state index >= 15 is 0 Å². The molecular weight excluding hydrogens is 772 g/mol. The molecule has 59 heavy (non-hydrogen) atoms. The Morgan fingerprint density at radius 1 is 0.407 bits per heavy atom. The van der Waals surface area contributed by atoms with Gasteiger partial charge in [0.1, 0.15) is 79.8 Å². The first kappa shape index (κ1) is 45.1. The van der Waals surface area contributed by atoms with Gasteiger partial charge in [0.25, 0.3) is 0 Å². The third-order valence-electron chi connectivity index (χ3n) is 11.1. The van der Waals surface area contributed by atoms with Gasteiger partial charge in [0, 0.05) is 78.3 Å². The first-order chi connectivity index (χ1) is 27.3. The zero-order valence-electron chi connectivity index (χ0n) is 33.9. The second kappa shape index (κ2) is 16.0. The van der Waals surface area contributed by atoms with Gasteiger partial charge in [0.05, 0.1) is 10.8 Å². The summed E-state index contributed by atoms with van der Waals surface area (Å²) in [6, 6.07) is 0. The second-order valence-electron chi connectivity index (χ2n) is 15.4. The van der Waals surface area contributed by atoms with E-state index < -0.39 is 178 Å². The molecule has 4 rings (SSSR count). The fraction of sp³-hybridized carbons (Fsp3) is 0.395. The van der Waals surface area contributed by atoms with Crippen molar-refractivity contribution < 1.29 is 79.8 Å². The van der Waals surface area contributed by atoms with Crippen LogP contribution in [0.5, 0.6) is 34.5 Å². The highest BCUT2D eigenvalue weighted by Gasteiger charge is 2.47. The number of phenols is 6. The smallest absolute Gasteiger partial charge is 0.183 e. The molecule has 0 saturated heterocycles. The topological polar surface area (TPSA) is 305 Å². The number of carbonyl (C=O) groups is 6. The van der Waals surface area contributed by atoms with Crippen molar-refractivity contribution in [3.8, 4) is 34.5 Å². The van der Waals surface area contributed by atoms with Crippen LogP contribution in [0, 0.1) is 10.8 Å². The van der Waals surface area contributed by atoms with Crippen molar-refractivity contribution in [2.24, 2.45) is 10.8 Å². The average Bonchev–Trinajstić information content (AvgIpc) is 3.18. The molecule has 0 saturated carbocycles. The normalized spacial score (nSPS) is 16.6. The number of carbonyl (C=O) groups excluding carboxylic acids is 6. The lowest BCUT2D eigenvalue weighted by Gasteiger charge is -2.31. The summed E-state index contributed by atoms with van der Waals surface area (Å²) in [7, 11) is 0. The van der Waals surface area contributed by atoms with Gasteiger partial charge in [-0.2, -0.15) is 0 Å². The maximum absolute atomic E-state index is 13.2. The van der Waals surface area contributed by atoms with Gasteiger partial charge in [-0.25, -0.2) is 0 Å². The summed E-state index contributed by atoms with van der Waals surface area (Å²) in [5, 5.41) is 114. The molecular formula is C43H48O16. The summed E-state index contributed by atoms with van der Waals surface area (Å²) in [5.74, 6) is -14.9. The third-order valence-corrected chi connectivity index (χ3v) is 11.1. The molecule has 2 aromatic rings. The molecule has 0 unspecified atom stereocenters. The summed E-state index contributed by atoms with van der Waals surface area (Å²) in [5.41, 5.74) is -10.1. The van der Waals surface area contributed by atoms with Crippen LogP contribution in [0.4, 0.5) is 0 Å². The number of aromatic hydroxyl groups is 6. The molecule has 2 aliphatic carbocycles. The molecule has 0 atom stereocenters. The number of phenolic OH excluding ortho intramolecular Hbond substituents is 6. The summed E-state index contributed by atoms with van der Waals surface area (Å²) in [6.45, 7) is 10.6. The minimum atomic E-state index is -1.80. The van der Waals surface area contributed by atoms with Crippen LogP contribution in [0.1, 0.15) is 124 Å². The van der Waals surface area contributed by atoms with E-state index in [1.165, 1.54) is 55.4 Å². The standard InChI is InChI=1S/C43H48O16/c1-9-22(44)26-32(50)16(30(48)18(34(26)52)14-20-36(54)28(24(46)11-3)40(58)42(5,6)38(20)56)13-17-31(49)19(35(53)27(33(17)51)23(45)10-2)15-21-37(55)29(25(47)12-4)41(59)43(7,8)39(21)57/h48-57H,9-15H2,1-8H3. The summed E-state index contributed by atoms with van der Waals surface area (Å²) in [6.07, 6.45) is -3.86. The molecule has 2 aromatic carbocycles. The van der Waals surface area contributed by atoms with E-state index in [-0.39, 0.29) is 25.7 Å². The molecule has 0 aromatic heterocycles. The Kier molecular flexibility index (Phi) is 12.2. The molecule has 0 heterocycles. The highest BCUT2D eigenvalue weighted by atomic mass is 16.3. The Labute approximate surface area is 338 Å². The molecule has 0 spiro atoms. The lowest BCUT2D eigenvalue weighted by molar-refractivity contribution is -0.128. The summed E-state index contributed by atoms with van der Waals surface area (Å²) in [4.78, 5) is 78.5. The fourth-order valence-electron chi connectivity index (χ4n) is 7.26. The van der Waals surface area contributed by atoms with Crippen molar-refractivity contribution in [3.05, 3.63) is 78.7 Å². The maximum Gasteiger partial charge on any atom is 0.183 e. The van der Waals surface area contributed by atoms with Crippen LogP contribution in [-0.2, 0) is 38.4 Å². The van der Waals surface area contributed by atoms with Crippen molar-refractivity contribution >= 4 is 34.7 Å². The first-order valence-corrected chi connectivity index (χ1v) is 18.8. The molecule has 0 radical (unpaired) electrons. The number of hydrogen-bond acceptors (Lipinski definition) is 16. The van der Waals surface area contributed by atoms with Gasteiger partial charge in [-0.15, -0.1) is 0 Å². The second-order valence-corrected chi connectivity index (χ2v) is 15.4. The number of aliphatic hydroxyl groups is 4. The van der Waals surface area contributed by atoms with Gasteiger partial charge in [-0.05, 0) is 27.7 Å². The van der Waals surface area contributed by atoms with Crippen molar-refractivity contribution in [2.75, 3.05) is 0 Å². The number of benzene rings is 2. The SMILES string of the molecule is CCC(=O)C1=C(O)C(Cc2c(O)c(Cc3c(O)c(CC4=C(O)C(C)(C)C(=O)C(C(=O)CC)=C4O)c(O)c(C(=O)CC)c3O)c(O)c(C(=O)CC)c2O)=C(O)C(C)(C)C1=O. The quantitative estimate of drug-likeness (QED) is 0.0748. The molecule has 0 fully saturated rings. The van der Waals surface area contributed by atoms with Crippen LogP contribution in [0.3, 0.4) is 0 Å². The lowest BCUT2D eigenvalue weighted by atomic mass is 9.73. The largest absolute Gasteiger partial charge is 0.511 e. The van der Waals surface area contributed by atoms with E-state index in [1.54, 1.807) is 0 Å². The van der Waals surface area contributed by atoms with Crippen LogP contribution in [-0.4, -0.2) is 85.8 Å². The number of ketones is 6. The van der Waals surface area contributed by atoms with Gasteiger partial charge in [0.2, 0.25) is 0 Å². The van der Waals surface area contributed by atoms with Crippen molar-refractivity contribution in [3.63, 3.8) is 0 Å². The number of aliphatic hydroxyl groups excluding tert-OH is 4. The van der Waals surface area contributed by atoms with Gasteiger partial charge >= 0.3 is 0 Å². The minimum Gasteiger partial charge on any atom is -0.511 e. The number of rotatable bonds is 14. The molecule has 0 amide bonds. The third kappa shape index (κ3) is 7.05. The van der Waals surface area contributed by atoms with E-state index in [2.05, 4.69) is 0 Å². The molecule has 10 N–H and O–H groups in total. The van der Waals surface area contributed by atoms with Gasteiger partial charge in [0.15, 0.2) is 34.7 Å². The molecule has 16 heteroatoms. The van der Waals surface area contributed by atoms with Crippen LogP contribution < -0.4 is 0 Å². The van der Waals surface area contributed by atoms with Gasteiger partial charge in [-0.3, -0.25) is 28.8 Å². The predicted octanol–water partition coefficient (Wildman–Crippen LogP) is 6.21. The molecule has 2 aliphatic rings. The average molecular weight is 821 g/mol. The van der Waals surface area contributed by atoms with Crippen LogP contribution in [0.25, 0.3) is 0 Å². The Hall–Kier alpha value is -6.58. The van der Waals surface area contributed by atoms with Crippen molar-refractivity contribution in [1.29, 1.82) is 0 Å². The molecule has 0 aliphatic heterocycles. The maximum atomic E-state index is 13.2. The minimum absolute atomic E-state index is 0.227. The van der Waals surface area contributed by atoms with Gasteiger partial charge < -0.3 is 51.1 Å². The fourth-order valence-corrected chi connectivity index (χ4v) is 7.26. The Morgan fingerprint density at radius 2 is 0.661 bits per heavy atom. The lowest BCUT2D eigenvalue weighted by Crippen LogP contribution is -2.36. The molecule has 0 bridgehead atoms. The number of allylic oxidation sites excluding steroid dienone is 6.